The average Bonchev–Trinajstić information content (AvgIpc) is 2.28. The quantitative estimate of drug-likeness (QED) is 0.519. The maximum Gasteiger partial charge on any atom is 0.331 e. The predicted octanol–water partition coefficient (Wildman–Crippen LogP) is 0.856. The lowest BCUT2D eigenvalue weighted by atomic mass is 9.93. The largest absolute Gasteiger partial charge is 0.467 e. The number of nitrogens with zero attached hydrogens (tertiary/aromatic N) is 1. The second-order valence-corrected chi connectivity index (χ2v) is 3.86. The summed E-state index contributed by atoms with van der Waals surface area (Å²) in [5.41, 5.74) is 1.58. The number of carbonyl (C=O) groups excluding carboxylic acids is 2. The summed E-state index contributed by atoms with van der Waals surface area (Å²) in [6.45, 7) is 0.585. The van der Waals surface area contributed by atoms with Gasteiger partial charge in [0, 0.05) is 12.1 Å². The van der Waals surface area contributed by atoms with Gasteiger partial charge >= 0.3 is 5.97 Å². The molecule has 0 saturated heterocycles. The first-order valence-corrected chi connectivity index (χ1v) is 5.05. The number of ketones is 1. The summed E-state index contributed by atoms with van der Waals surface area (Å²) in [5.74, 6) is -0.682. The van der Waals surface area contributed by atoms with Gasteiger partial charge in [0.1, 0.15) is 0 Å². The van der Waals surface area contributed by atoms with Gasteiger partial charge in [0.05, 0.1) is 7.11 Å². The number of benzene rings is 1. The fourth-order valence-electron chi connectivity index (χ4n) is 2.00. The van der Waals surface area contributed by atoms with Crippen molar-refractivity contribution >= 4 is 11.8 Å². The van der Waals surface area contributed by atoms with Crippen molar-refractivity contribution in [1.29, 1.82) is 0 Å². The van der Waals surface area contributed by atoms with Crippen molar-refractivity contribution in [3.8, 4) is 0 Å². The number of hydrogen-bond donors (Lipinski definition) is 0. The molecular formula is C12H13NO3. The number of rotatable bonds is 1. The summed E-state index contributed by atoms with van der Waals surface area (Å²) < 4.78 is 4.64. The second-order valence-electron chi connectivity index (χ2n) is 3.86. The second kappa shape index (κ2) is 4.06. The summed E-state index contributed by atoms with van der Waals surface area (Å²) in [6, 6.07) is 6.53. The number of fused-ring (bicyclic) bond motifs is 1. The molecule has 0 bridgehead atoms. The molecule has 1 unspecified atom stereocenters. The zero-order valence-corrected chi connectivity index (χ0v) is 9.27. The fraction of sp³-hybridized carbons (Fsp3) is 0.333. The van der Waals surface area contributed by atoms with Crippen LogP contribution in [0.5, 0.6) is 0 Å². The van der Waals surface area contributed by atoms with Crippen LogP contribution in [-0.2, 0) is 16.1 Å². The summed E-state index contributed by atoms with van der Waals surface area (Å²) in [6.07, 6.45) is 0. The lowest BCUT2D eigenvalue weighted by molar-refractivity contribution is -0.144. The van der Waals surface area contributed by atoms with Crippen LogP contribution in [0.3, 0.4) is 0 Å². The summed E-state index contributed by atoms with van der Waals surface area (Å²) in [7, 11) is 3.04. The van der Waals surface area contributed by atoms with Crippen molar-refractivity contribution in [2.24, 2.45) is 0 Å². The molecule has 4 heteroatoms. The first kappa shape index (κ1) is 10.8. The zero-order chi connectivity index (χ0) is 11.7. The number of esters is 1. The van der Waals surface area contributed by atoms with Crippen LogP contribution in [-0.4, -0.2) is 36.9 Å². The maximum absolute atomic E-state index is 12.1. The number of ether oxygens (including phenoxy) is 1. The third-order valence-electron chi connectivity index (χ3n) is 2.82. The monoisotopic (exact) mass is 219 g/mol. The topological polar surface area (TPSA) is 46.6 Å². The van der Waals surface area contributed by atoms with Crippen molar-refractivity contribution in [3.63, 3.8) is 0 Å². The van der Waals surface area contributed by atoms with Crippen LogP contribution in [0.15, 0.2) is 24.3 Å². The molecule has 4 nitrogen and oxygen atoms in total. The average molecular weight is 219 g/mol. The molecule has 84 valence electrons. The molecule has 1 aliphatic heterocycles. The third-order valence-corrected chi connectivity index (χ3v) is 2.82. The van der Waals surface area contributed by atoms with Gasteiger partial charge in [-0.1, -0.05) is 24.3 Å². The van der Waals surface area contributed by atoms with E-state index in [4.69, 9.17) is 0 Å². The van der Waals surface area contributed by atoms with Crippen molar-refractivity contribution in [3.05, 3.63) is 35.4 Å². The Morgan fingerprint density at radius 1 is 1.44 bits per heavy atom. The van der Waals surface area contributed by atoms with Gasteiger partial charge in [-0.2, -0.15) is 0 Å². The van der Waals surface area contributed by atoms with Crippen LogP contribution in [0, 0.1) is 0 Å². The molecule has 0 N–H and O–H groups in total. The Hall–Kier alpha value is -1.68. The Kier molecular flexibility index (Phi) is 2.75. The molecule has 0 fully saturated rings. The van der Waals surface area contributed by atoms with Crippen molar-refractivity contribution in [2.45, 2.75) is 12.6 Å². The molecule has 0 aliphatic carbocycles. The highest BCUT2D eigenvalue weighted by Gasteiger charge is 2.37. The van der Waals surface area contributed by atoms with E-state index in [1.165, 1.54) is 7.11 Å². The molecule has 0 radical (unpaired) electrons. The first-order chi connectivity index (χ1) is 7.65. The maximum atomic E-state index is 12.1. The third kappa shape index (κ3) is 1.61. The van der Waals surface area contributed by atoms with Gasteiger partial charge in [0.2, 0.25) is 0 Å². The Balaban J connectivity index is 2.42. The van der Waals surface area contributed by atoms with Crippen molar-refractivity contribution in [2.75, 3.05) is 14.2 Å². The van der Waals surface area contributed by atoms with E-state index in [0.29, 0.717) is 12.1 Å². The van der Waals surface area contributed by atoms with E-state index >= 15 is 0 Å². The Labute approximate surface area is 93.8 Å². The molecule has 0 saturated carbocycles. The van der Waals surface area contributed by atoms with E-state index in [9.17, 15) is 9.59 Å². The van der Waals surface area contributed by atoms with Crippen LogP contribution in [0.25, 0.3) is 0 Å². The zero-order valence-electron chi connectivity index (χ0n) is 9.27. The summed E-state index contributed by atoms with van der Waals surface area (Å²) in [4.78, 5) is 25.3. The van der Waals surface area contributed by atoms with Crippen LogP contribution < -0.4 is 0 Å². The van der Waals surface area contributed by atoms with Gasteiger partial charge in [0.15, 0.2) is 11.8 Å². The molecule has 1 aromatic rings. The van der Waals surface area contributed by atoms with E-state index in [-0.39, 0.29) is 5.78 Å². The van der Waals surface area contributed by atoms with Crippen LogP contribution in [0.1, 0.15) is 15.9 Å². The highest BCUT2D eigenvalue weighted by Crippen LogP contribution is 2.22. The molecule has 0 aromatic heterocycles. The SMILES string of the molecule is COC(=O)C1C(=O)c2ccccc2CN1C. The summed E-state index contributed by atoms with van der Waals surface area (Å²) >= 11 is 0. The van der Waals surface area contributed by atoms with Gasteiger partial charge in [-0.15, -0.1) is 0 Å². The van der Waals surface area contributed by atoms with Crippen molar-refractivity contribution in [1.82, 2.24) is 4.90 Å². The van der Waals surface area contributed by atoms with Crippen molar-refractivity contribution < 1.29 is 14.3 Å². The Morgan fingerprint density at radius 3 is 2.81 bits per heavy atom. The normalized spacial score (nSPS) is 20.4. The smallest absolute Gasteiger partial charge is 0.331 e. The molecule has 1 heterocycles. The molecule has 16 heavy (non-hydrogen) atoms. The lowest BCUT2D eigenvalue weighted by Crippen LogP contribution is -2.48. The first-order valence-electron chi connectivity index (χ1n) is 5.05. The summed E-state index contributed by atoms with van der Waals surface area (Å²) in [5, 5.41) is 0. The van der Waals surface area contributed by atoms with E-state index in [1.807, 2.05) is 12.1 Å². The van der Waals surface area contributed by atoms with E-state index in [1.54, 1.807) is 24.1 Å². The van der Waals surface area contributed by atoms with Gasteiger partial charge < -0.3 is 4.74 Å². The molecule has 0 spiro atoms. The molecule has 0 amide bonds. The van der Waals surface area contributed by atoms with Gasteiger partial charge in [-0.25, -0.2) is 4.79 Å². The minimum atomic E-state index is -0.806. The number of hydrogen-bond acceptors (Lipinski definition) is 4. The molecule has 1 aromatic carbocycles. The van der Waals surface area contributed by atoms with E-state index < -0.39 is 12.0 Å². The molecular weight excluding hydrogens is 206 g/mol. The van der Waals surface area contributed by atoms with Crippen LogP contribution >= 0.6 is 0 Å². The van der Waals surface area contributed by atoms with E-state index in [0.717, 1.165) is 5.56 Å². The predicted molar refractivity (Wildman–Crippen MR) is 58.0 cm³/mol. The minimum absolute atomic E-state index is 0.184. The van der Waals surface area contributed by atoms with Crippen LogP contribution in [0.2, 0.25) is 0 Å². The number of likely N-dealkylation sites (N-methyl/N-ethyl adjacent to an activating group) is 1. The Bertz CT molecular complexity index is 442. The highest BCUT2D eigenvalue weighted by atomic mass is 16.5. The number of carbonyl (C=O) groups is 2. The van der Waals surface area contributed by atoms with Crippen LogP contribution in [0.4, 0.5) is 0 Å². The molecule has 2 rings (SSSR count). The van der Waals surface area contributed by atoms with Gasteiger partial charge in [-0.3, -0.25) is 9.69 Å². The van der Waals surface area contributed by atoms with Gasteiger partial charge in [0.25, 0.3) is 0 Å². The molecule has 1 aliphatic rings. The lowest BCUT2D eigenvalue weighted by Gasteiger charge is -2.30. The highest BCUT2D eigenvalue weighted by molar-refractivity contribution is 6.13. The van der Waals surface area contributed by atoms with Gasteiger partial charge in [-0.05, 0) is 12.6 Å². The number of Topliss-reactive ketones (excluding diaryl/α,β-unsaturated/α-hetero) is 1. The number of methoxy groups -OCH3 is 1. The Morgan fingerprint density at radius 2 is 2.12 bits per heavy atom. The standard InChI is InChI=1S/C12H13NO3/c1-13-7-8-5-3-4-6-9(8)11(14)10(13)12(15)16-2/h3-6,10H,7H2,1-2H3. The minimum Gasteiger partial charge on any atom is -0.467 e. The molecule has 1 atom stereocenters. The fourth-order valence-corrected chi connectivity index (χ4v) is 2.00. The van der Waals surface area contributed by atoms with E-state index in [2.05, 4.69) is 4.74 Å².